The molecule has 2 aromatic carbocycles. The van der Waals surface area contributed by atoms with E-state index < -0.39 is 11.9 Å². The third-order valence-corrected chi connectivity index (χ3v) is 3.32. The molecule has 0 bridgehead atoms. The molecular weight excluding hydrogens is 292 g/mol. The lowest BCUT2D eigenvalue weighted by atomic mass is 10.1. The Balaban J connectivity index is 2.34. The van der Waals surface area contributed by atoms with Gasteiger partial charge in [-0.3, -0.25) is 4.79 Å². The normalized spacial score (nSPS) is 10.2. The molecule has 0 unspecified atom stereocenters. The van der Waals surface area contributed by atoms with Crippen LogP contribution in [0.25, 0.3) is 0 Å². The van der Waals surface area contributed by atoms with Crippen LogP contribution >= 0.6 is 11.6 Å². The summed E-state index contributed by atoms with van der Waals surface area (Å²) in [6.45, 7) is 1.79. The molecule has 0 aromatic heterocycles. The number of hydrogen-bond acceptors (Lipinski definition) is 3. The van der Waals surface area contributed by atoms with E-state index >= 15 is 0 Å². The van der Waals surface area contributed by atoms with Crippen LogP contribution in [0, 0.1) is 6.92 Å². The van der Waals surface area contributed by atoms with E-state index in [0.717, 1.165) is 5.56 Å². The molecule has 0 saturated heterocycles. The number of amides is 1. The van der Waals surface area contributed by atoms with Gasteiger partial charge in [0.05, 0.1) is 10.7 Å². The molecule has 0 radical (unpaired) electrons. The summed E-state index contributed by atoms with van der Waals surface area (Å²) in [7, 11) is 0. The van der Waals surface area contributed by atoms with Gasteiger partial charge in [0.15, 0.2) is 0 Å². The summed E-state index contributed by atoms with van der Waals surface area (Å²) in [4.78, 5) is 23.4. The topological polar surface area (TPSA) is 92.4 Å². The monoisotopic (exact) mass is 304 g/mol. The largest absolute Gasteiger partial charge is 0.478 e. The van der Waals surface area contributed by atoms with Crippen LogP contribution in [0.5, 0.6) is 0 Å². The number of anilines is 2. The number of nitrogen functional groups attached to an aromatic ring is 1. The highest BCUT2D eigenvalue weighted by atomic mass is 35.5. The first-order chi connectivity index (χ1) is 9.90. The van der Waals surface area contributed by atoms with Crippen LogP contribution in [0.15, 0.2) is 36.4 Å². The average molecular weight is 305 g/mol. The second kappa shape index (κ2) is 5.85. The Bertz CT molecular complexity index is 729. The summed E-state index contributed by atoms with van der Waals surface area (Å²) in [6.07, 6.45) is 0. The van der Waals surface area contributed by atoms with Gasteiger partial charge in [-0.25, -0.2) is 4.79 Å². The van der Waals surface area contributed by atoms with Crippen LogP contribution in [-0.2, 0) is 0 Å². The lowest BCUT2D eigenvalue weighted by Crippen LogP contribution is -2.15. The highest BCUT2D eigenvalue weighted by Crippen LogP contribution is 2.25. The molecule has 0 aliphatic carbocycles. The summed E-state index contributed by atoms with van der Waals surface area (Å²) >= 11 is 5.85. The van der Waals surface area contributed by atoms with Crippen molar-refractivity contribution in [3.63, 3.8) is 0 Å². The number of carbonyl (C=O) groups is 2. The van der Waals surface area contributed by atoms with Gasteiger partial charge in [-0.2, -0.15) is 0 Å². The molecule has 2 rings (SSSR count). The molecule has 0 atom stereocenters. The first-order valence-electron chi connectivity index (χ1n) is 6.09. The molecule has 5 nitrogen and oxygen atoms in total. The summed E-state index contributed by atoms with van der Waals surface area (Å²) in [5.74, 6) is -1.63. The standard InChI is InChI=1S/C15H13ClN2O3/c1-8-7-9(5-6-11(8)17)14(19)18-12-4-2-3-10(16)13(12)15(20)21/h2-7H,17H2,1H3,(H,18,19)(H,20,21). The number of hydrogen-bond donors (Lipinski definition) is 3. The number of halogens is 1. The van der Waals surface area contributed by atoms with E-state index in [4.69, 9.17) is 22.4 Å². The van der Waals surface area contributed by atoms with Crippen LogP contribution in [-0.4, -0.2) is 17.0 Å². The van der Waals surface area contributed by atoms with E-state index in [2.05, 4.69) is 5.32 Å². The van der Waals surface area contributed by atoms with Crippen LogP contribution in [0.3, 0.4) is 0 Å². The van der Waals surface area contributed by atoms with Gasteiger partial charge >= 0.3 is 5.97 Å². The maximum absolute atomic E-state index is 12.2. The van der Waals surface area contributed by atoms with Gasteiger partial charge in [0.2, 0.25) is 0 Å². The summed E-state index contributed by atoms with van der Waals surface area (Å²) in [5, 5.41) is 11.8. The van der Waals surface area contributed by atoms with Crippen molar-refractivity contribution in [3.05, 3.63) is 58.1 Å². The number of rotatable bonds is 3. The average Bonchev–Trinajstić information content (AvgIpc) is 2.41. The van der Waals surface area contributed by atoms with Crippen LogP contribution in [0.2, 0.25) is 5.02 Å². The van der Waals surface area contributed by atoms with Gasteiger partial charge in [-0.05, 0) is 42.8 Å². The van der Waals surface area contributed by atoms with Crippen molar-refractivity contribution in [2.24, 2.45) is 0 Å². The molecule has 108 valence electrons. The van der Waals surface area contributed by atoms with Crippen molar-refractivity contribution < 1.29 is 14.7 Å². The van der Waals surface area contributed by atoms with Crippen molar-refractivity contribution in [1.29, 1.82) is 0 Å². The zero-order valence-electron chi connectivity index (χ0n) is 11.2. The van der Waals surface area contributed by atoms with Crippen LogP contribution in [0.1, 0.15) is 26.3 Å². The van der Waals surface area contributed by atoms with Gasteiger partial charge in [-0.1, -0.05) is 17.7 Å². The van der Waals surface area contributed by atoms with Gasteiger partial charge in [0.25, 0.3) is 5.91 Å². The van der Waals surface area contributed by atoms with Crippen molar-refractivity contribution in [2.45, 2.75) is 6.92 Å². The Morgan fingerprint density at radius 2 is 1.95 bits per heavy atom. The molecule has 0 saturated carbocycles. The van der Waals surface area contributed by atoms with Crippen molar-refractivity contribution in [2.75, 3.05) is 11.1 Å². The summed E-state index contributed by atoms with van der Waals surface area (Å²) in [5.41, 5.74) is 7.45. The molecule has 2 aromatic rings. The molecule has 0 spiro atoms. The summed E-state index contributed by atoms with van der Waals surface area (Å²) in [6, 6.07) is 9.34. The fraction of sp³-hybridized carbons (Fsp3) is 0.0667. The predicted octanol–water partition coefficient (Wildman–Crippen LogP) is 3.18. The van der Waals surface area contributed by atoms with Gasteiger partial charge in [0.1, 0.15) is 5.56 Å². The van der Waals surface area contributed by atoms with E-state index in [1.807, 2.05) is 0 Å². The number of carbonyl (C=O) groups excluding carboxylic acids is 1. The molecule has 0 aliphatic rings. The molecule has 0 aliphatic heterocycles. The highest BCUT2D eigenvalue weighted by molar-refractivity contribution is 6.34. The number of carboxylic acid groups (broad SMARTS) is 1. The van der Waals surface area contributed by atoms with Crippen molar-refractivity contribution in [1.82, 2.24) is 0 Å². The van der Waals surface area contributed by atoms with Crippen molar-refractivity contribution in [3.8, 4) is 0 Å². The smallest absolute Gasteiger partial charge is 0.339 e. The lowest BCUT2D eigenvalue weighted by molar-refractivity contribution is 0.0698. The second-order valence-electron chi connectivity index (χ2n) is 4.49. The number of carboxylic acids is 1. The maximum atomic E-state index is 12.2. The first kappa shape index (κ1) is 14.9. The Labute approximate surface area is 126 Å². The van der Waals surface area contributed by atoms with Gasteiger partial charge in [0, 0.05) is 11.3 Å². The molecule has 4 N–H and O–H groups in total. The van der Waals surface area contributed by atoms with Crippen LogP contribution in [0.4, 0.5) is 11.4 Å². The SMILES string of the molecule is Cc1cc(C(=O)Nc2cccc(Cl)c2C(=O)O)ccc1N. The van der Waals surface area contributed by atoms with Gasteiger partial charge < -0.3 is 16.2 Å². The van der Waals surface area contributed by atoms with Crippen LogP contribution < -0.4 is 11.1 Å². The Kier molecular flexibility index (Phi) is 4.14. The van der Waals surface area contributed by atoms with E-state index in [0.29, 0.717) is 11.3 Å². The third-order valence-electron chi connectivity index (χ3n) is 3.01. The number of aromatic carboxylic acids is 1. The molecular formula is C15H13ClN2O3. The van der Waals surface area contributed by atoms with Gasteiger partial charge in [-0.15, -0.1) is 0 Å². The van der Waals surface area contributed by atoms with E-state index in [-0.39, 0.29) is 16.3 Å². The number of benzene rings is 2. The third kappa shape index (κ3) is 3.14. The number of nitrogens with one attached hydrogen (secondary N) is 1. The predicted molar refractivity (Wildman–Crippen MR) is 82.0 cm³/mol. The molecule has 0 heterocycles. The maximum Gasteiger partial charge on any atom is 0.339 e. The van der Waals surface area contributed by atoms with Crippen molar-refractivity contribution >= 4 is 34.9 Å². The number of nitrogens with two attached hydrogens (primary N) is 1. The molecule has 6 heteroatoms. The van der Waals surface area contributed by atoms with E-state index in [1.54, 1.807) is 31.2 Å². The summed E-state index contributed by atoms with van der Waals surface area (Å²) < 4.78 is 0. The fourth-order valence-corrected chi connectivity index (χ4v) is 2.11. The van der Waals surface area contributed by atoms with E-state index in [1.165, 1.54) is 12.1 Å². The first-order valence-corrected chi connectivity index (χ1v) is 6.47. The second-order valence-corrected chi connectivity index (χ2v) is 4.90. The minimum absolute atomic E-state index is 0.0637. The lowest BCUT2D eigenvalue weighted by Gasteiger charge is -2.10. The molecule has 0 fully saturated rings. The Morgan fingerprint density at radius 1 is 1.24 bits per heavy atom. The number of aryl methyl sites for hydroxylation is 1. The zero-order chi connectivity index (χ0) is 15.6. The Morgan fingerprint density at radius 3 is 2.57 bits per heavy atom. The van der Waals surface area contributed by atoms with E-state index in [9.17, 15) is 9.59 Å². The minimum Gasteiger partial charge on any atom is -0.478 e. The molecule has 21 heavy (non-hydrogen) atoms. The highest BCUT2D eigenvalue weighted by Gasteiger charge is 2.17. The zero-order valence-corrected chi connectivity index (χ0v) is 11.9. The fourth-order valence-electron chi connectivity index (χ4n) is 1.86. The minimum atomic E-state index is -1.20. The quantitative estimate of drug-likeness (QED) is 0.759. The Hall–Kier alpha value is -2.53. The molecule has 1 amide bonds.